The van der Waals surface area contributed by atoms with Crippen molar-refractivity contribution < 1.29 is 14.3 Å². The van der Waals surface area contributed by atoms with E-state index < -0.39 is 0 Å². The zero-order chi connectivity index (χ0) is 29.4. The first-order valence-corrected chi connectivity index (χ1v) is 15.3. The Hall–Kier alpha value is -4.30. The smallest absolute Gasteiger partial charge is 0.329 e. The zero-order valence-electron chi connectivity index (χ0n) is 24.2. The maximum absolute atomic E-state index is 14.2. The van der Waals surface area contributed by atoms with Crippen molar-refractivity contribution >= 4 is 34.5 Å². The number of ether oxygens (including phenoxy) is 1. The monoisotopic (exact) mass is 578 g/mol. The summed E-state index contributed by atoms with van der Waals surface area (Å²) in [5.74, 6) is 1.27. The molecule has 0 N–H and O–H groups in total. The molecule has 1 aliphatic rings. The van der Waals surface area contributed by atoms with Crippen LogP contribution in [0.3, 0.4) is 0 Å². The van der Waals surface area contributed by atoms with E-state index in [1.54, 1.807) is 28.7 Å². The van der Waals surface area contributed by atoms with E-state index in [0.717, 1.165) is 28.0 Å². The molecule has 1 amide bonds. The number of fused-ring (bicyclic) bond motifs is 2. The van der Waals surface area contributed by atoms with Gasteiger partial charge in [-0.3, -0.25) is 14.3 Å². The van der Waals surface area contributed by atoms with Crippen LogP contribution in [0.25, 0.3) is 10.9 Å². The van der Waals surface area contributed by atoms with Crippen LogP contribution >= 0.6 is 11.8 Å². The molecule has 0 aliphatic carbocycles. The molecule has 0 spiro atoms. The Bertz CT molecular complexity index is 1730. The van der Waals surface area contributed by atoms with E-state index >= 15 is 0 Å². The fourth-order valence-electron chi connectivity index (χ4n) is 5.76. The van der Waals surface area contributed by atoms with Crippen molar-refractivity contribution in [3.05, 3.63) is 119 Å². The summed E-state index contributed by atoms with van der Waals surface area (Å²) in [5, 5.41) is 0.801. The molecule has 42 heavy (non-hydrogen) atoms. The van der Waals surface area contributed by atoms with Gasteiger partial charge in [0.05, 0.1) is 5.52 Å². The average Bonchev–Trinajstić information content (AvgIpc) is 3.70. The van der Waals surface area contributed by atoms with Crippen LogP contribution in [0, 0.1) is 0 Å². The first-order chi connectivity index (χ1) is 20.3. The van der Waals surface area contributed by atoms with Crippen molar-refractivity contribution in [1.29, 1.82) is 0 Å². The molecule has 4 heterocycles. The van der Waals surface area contributed by atoms with E-state index in [1.807, 2.05) is 106 Å². The Morgan fingerprint density at radius 3 is 2.50 bits per heavy atom. The third-order valence-electron chi connectivity index (χ3n) is 7.68. The van der Waals surface area contributed by atoms with E-state index in [2.05, 4.69) is 15.6 Å². The third kappa shape index (κ3) is 5.11. The SMILES string of the molecule is CC(C)N(C(=O)n1cc(C(=O)c2ccn3c2CSC3c2cccnc2)c2ccc(OCc3ccccc3)cc21)C(C)C. The van der Waals surface area contributed by atoms with Crippen molar-refractivity contribution in [2.24, 2.45) is 0 Å². The van der Waals surface area contributed by atoms with Crippen LogP contribution < -0.4 is 4.74 Å². The lowest BCUT2D eigenvalue weighted by atomic mass is 10.0. The Morgan fingerprint density at radius 1 is 1.00 bits per heavy atom. The number of ketones is 1. The van der Waals surface area contributed by atoms with E-state index in [1.165, 1.54) is 0 Å². The molecule has 214 valence electrons. The predicted octanol–water partition coefficient (Wildman–Crippen LogP) is 7.53. The van der Waals surface area contributed by atoms with Crippen molar-refractivity contribution in [3.8, 4) is 5.75 Å². The number of thioether (sulfide) groups is 1. The molecule has 0 radical (unpaired) electrons. The highest BCUT2D eigenvalue weighted by molar-refractivity contribution is 7.99. The third-order valence-corrected chi connectivity index (χ3v) is 8.93. The minimum absolute atomic E-state index is 0.0113. The molecule has 6 rings (SSSR count). The van der Waals surface area contributed by atoms with Crippen LogP contribution in [0.4, 0.5) is 4.79 Å². The molecule has 3 aromatic heterocycles. The summed E-state index contributed by atoms with van der Waals surface area (Å²) >= 11 is 1.78. The number of hydrogen-bond donors (Lipinski definition) is 0. The van der Waals surface area contributed by atoms with Crippen molar-refractivity contribution in [2.75, 3.05) is 0 Å². The Morgan fingerprint density at radius 2 is 1.79 bits per heavy atom. The topological polar surface area (TPSA) is 69.4 Å². The molecule has 8 heteroatoms. The number of carbonyl (C=O) groups is 2. The normalized spacial score (nSPS) is 14.5. The molecule has 1 aliphatic heterocycles. The lowest BCUT2D eigenvalue weighted by Crippen LogP contribution is -2.44. The molecule has 2 aromatic carbocycles. The van der Waals surface area contributed by atoms with Gasteiger partial charge in [0, 0.05) is 76.5 Å². The minimum Gasteiger partial charge on any atom is -0.489 e. The number of benzene rings is 2. The number of nitrogens with zero attached hydrogens (tertiary/aromatic N) is 4. The lowest BCUT2D eigenvalue weighted by Gasteiger charge is -2.31. The largest absolute Gasteiger partial charge is 0.489 e. The van der Waals surface area contributed by atoms with Gasteiger partial charge in [-0.15, -0.1) is 11.8 Å². The molecule has 7 nitrogen and oxygen atoms in total. The van der Waals surface area contributed by atoms with Gasteiger partial charge in [0.25, 0.3) is 0 Å². The molecule has 0 bridgehead atoms. The summed E-state index contributed by atoms with van der Waals surface area (Å²) in [6, 6.07) is 21.3. The predicted molar refractivity (Wildman–Crippen MR) is 167 cm³/mol. The molecule has 1 atom stereocenters. The highest BCUT2D eigenvalue weighted by Crippen LogP contribution is 2.42. The van der Waals surface area contributed by atoms with Gasteiger partial charge in [-0.2, -0.15) is 0 Å². The van der Waals surface area contributed by atoms with Gasteiger partial charge in [0.2, 0.25) is 0 Å². The second-order valence-corrected chi connectivity index (χ2v) is 12.2. The van der Waals surface area contributed by atoms with Crippen LogP contribution in [-0.4, -0.2) is 42.9 Å². The van der Waals surface area contributed by atoms with Gasteiger partial charge in [0.15, 0.2) is 5.78 Å². The summed E-state index contributed by atoms with van der Waals surface area (Å²) in [6.45, 7) is 8.43. The summed E-state index contributed by atoms with van der Waals surface area (Å²) in [4.78, 5) is 34.3. The standard InChI is InChI=1S/C34H34N4O3S/c1-22(2)38(23(3)4)34(40)37-19-29(27-13-12-26(17-30(27)37)41-20-24-9-6-5-7-10-24)32(39)28-14-16-36-31(28)21-42-33(36)25-11-8-15-35-18-25/h5-19,22-23,33H,20-21H2,1-4H3. The maximum Gasteiger partial charge on any atom is 0.329 e. The molecule has 5 aromatic rings. The van der Waals surface area contributed by atoms with E-state index in [-0.39, 0.29) is 29.3 Å². The highest BCUT2D eigenvalue weighted by Gasteiger charge is 2.31. The molecule has 0 saturated carbocycles. The fraction of sp³-hybridized carbons (Fsp3) is 0.265. The second kappa shape index (κ2) is 11.5. The van der Waals surface area contributed by atoms with Crippen molar-refractivity contribution in [2.45, 2.75) is 57.5 Å². The molecule has 0 saturated heterocycles. The fourth-order valence-corrected chi connectivity index (χ4v) is 7.07. The van der Waals surface area contributed by atoms with Crippen LogP contribution in [0.15, 0.2) is 91.5 Å². The van der Waals surface area contributed by atoms with Crippen LogP contribution in [0.2, 0.25) is 0 Å². The first-order valence-electron chi connectivity index (χ1n) is 14.2. The Labute approximate surface area is 250 Å². The van der Waals surface area contributed by atoms with E-state index in [4.69, 9.17) is 4.74 Å². The average molecular weight is 579 g/mol. The maximum atomic E-state index is 14.2. The van der Waals surface area contributed by atoms with Gasteiger partial charge >= 0.3 is 6.03 Å². The van der Waals surface area contributed by atoms with Gasteiger partial charge in [0.1, 0.15) is 17.7 Å². The van der Waals surface area contributed by atoms with E-state index in [0.29, 0.717) is 29.0 Å². The number of aromatic nitrogens is 3. The molecular weight excluding hydrogens is 544 g/mol. The zero-order valence-corrected chi connectivity index (χ0v) is 25.0. The quantitative estimate of drug-likeness (QED) is 0.178. The van der Waals surface area contributed by atoms with Crippen LogP contribution in [0.1, 0.15) is 65.8 Å². The summed E-state index contributed by atoms with van der Waals surface area (Å²) < 4.78 is 9.89. The Balaban J connectivity index is 1.40. The summed E-state index contributed by atoms with van der Waals surface area (Å²) in [7, 11) is 0. The number of pyridine rings is 1. The lowest BCUT2D eigenvalue weighted by molar-refractivity contribution is 0.103. The summed E-state index contributed by atoms with van der Waals surface area (Å²) in [5.41, 5.74) is 4.96. The van der Waals surface area contributed by atoms with Gasteiger partial charge < -0.3 is 14.2 Å². The van der Waals surface area contributed by atoms with Gasteiger partial charge in [-0.05, 0) is 57.5 Å². The number of hydrogen-bond acceptors (Lipinski definition) is 5. The number of carbonyl (C=O) groups excluding carboxylic acids is 2. The number of rotatable bonds is 8. The van der Waals surface area contributed by atoms with E-state index in [9.17, 15) is 9.59 Å². The molecular formula is C34H34N4O3S. The van der Waals surface area contributed by atoms with Crippen LogP contribution in [-0.2, 0) is 12.4 Å². The second-order valence-electron chi connectivity index (χ2n) is 11.1. The molecule has 0 fully saturated rings. The first kappa shape index (κ1) is 27.8. The minimum atomic E-state index is -0.168. The number of amides is 1. The summed E-state index contributed by atoms with van der Waals surface area (Å²) in [6.07, 6.45) is 7.34. The Kier molecular flexibility index (Phi) is 7.64. The van der Waals surface area contributed by atoms with Crippen molar-refractivity contribution in [3.63, 3.8) is 0 Å². The highest BCUT2D eigenvalue weighted by atomic mass is 32.2. The molecule has 1 unspecified atom stereocenters. The van der Waals surface area contributed by atoms with Gasteiger partial charge in [-0.1, -0.05) is 36.4 Å². The van der Waals surface area contributed by atoms with Crippen molar-refractivity contribution in [1.82, 2.24) is 19.0 Å². The van der Waals surface area contributed by atoms with Crippen LogP contribution in [0.5, 0.6) is 5.75 Å². The van der Waals surface area contributed by atoms with Gasteiger partial charge in [-0.25, -0.2) is 4.79 Å².